The normalized spacial score (nSPS) is 12.9. The van der Waals surface area contributed by atoms with E-state index in [1.165, 1.54) is 35.5 Å². The van der Waals surface area contributed by atoms with Crippen LogP contribution in [0.15, 0.2) is 70.5 Å². The van der Waals surface area contributed by atoms with E-state index in [2.05, 4.69) is 62.4 Å². The molecule has 0 saturated heterocycles. The zero-order valence-corrected chi connectivity index (χ0v) is 17.7. The van der Waals surface area contributed by atoms with Gasteiger partial charge in [0.05, 0.1) is 10.2 Å². The molecule has 0 saturated carbocycles. The van der Waals surface area contributed by atoms with Gasteiger partial charge >= 0.3 is 0 Å². The molecule has 3 heteroatoms. The topological polar surface area (TPSA) is 20.2 Å². The maximum Gasteiger partial charge on any atom is 0.0959 e. The fraction of sp³-hybridized carbons (Fsp3) is 0.478. The second-order valence-electron chi connectivity index (χ2n) is 6.71. The summed E-state index contributed by atoms with van der Waals surface area (Å²) in [7, 11) is 0. The maximum absolute atomic E-state index is 11.2. The minimum absolute atomic E-state index is 0.256. The molecule has 142 valence electrons. The van der Waals surface area contributed by atoms with Crippen molar-refractivity contribution in [2.45, 2.75) is 78.8 Å². The summed E-state index contributed by atoms with van der Waals surface area (Å²) in [6, 6.07) is 21.0. The first-order chi connectivity index (χ1) is 12.7. The van der Waals surface area contributed by atoms with Gasteiger partial charge in [-0.05, 0) is 37.1 Å². The molecule has 0 spiro atoms. The van der Waals surface area contributed by atoms with Crippen LogP contribution < -0.4 is 0 Å². The fourth-order valence-corrected chi connectivity index (χ4v) is 6.00. The van der Waals surface area contributed by atoms with Crippen LogP contribution >= 0.6 is 23.5 Å². The van der Waals surface area contributed by atoms with Gasteiger partial charge in [-0.25, -0.2) is 0 Å². The molecule has 1 unspecified atom stereocenters. The molecule has 1 nitrogen and oxygen atoms in total. The van der Waals surface area contributed by atoms with E-state index in [9.17, 15) is 5.11 Å². The number of aliphatic hydroxyl groups is 1. The molecule has 0 fully saturated rings. The van der Waals surface area contributed by atoms with Crippen molar-refractivity contribution in [3.8, 4) is 0 Å². The SMILES string of the molecule is CCCCCCCC(O)C(CC)(Sc1ccccc1)Sc1ccccc1. The van der Waals surface area contributed by atoms with Crippen LogP contribution in [0.25, 0.3) is 0 Å². The van der Waals surface area contributed by atoms with Crippen molar-refractivity contribution >= 4 is 23.5 Å². The summed E-state index contributed by atoms with van der Waals surface area (Å²) in [4.78, 5) is 2.45. The van der Waals surface area contributed by atoms with Crippen molar-refractivity contribution in [2.75, 3.05) is 0 Å². The third-order valence-electron chi connectivity index (χ3n) is 4.65. The summed E-state index contributed by atoms with van der Waals surface area (Å²) in [5, 5.41) is 11.2. The van der Waals surface area contributed by atoms with Gasteiger partial charge in [0.2, 0.25) is 0 Å². The summed E-state index contributed by atoms with van der Waals surface area (Å²) in [6.45, 7) is 4.44. The van der Waals surface area contributed by atoms with E-state index in [4.69, 9.17) is 0 Å². The standard InChI is InChI=1S/C23H32OS2/c1-3-5-6-7-14-19-22(24)23(4-2,25-20-15-10-8-11-16-20)26-21-17-12-9-13-18-21/h8-13,15-18,22,24H,3-7,14,19H2,1-2H3. The van der Waals surface area contributed by atoms with Crippen LogP contribution in [0.3, 0.4) is 0 Å². The fourth-order valence-electron chi connectivity index (χ4n) is 3.07. The molecule has 1 atom stereocenters. The Balaban J connectivity index is 2.12. The van der Waals surface area contributed by atoms with Gasteiger partial charge in [-0.1, -0.05) is 82.3 Å². The summed E-state index contributed by atoms with van der Waals surface area (Å²) in [5.41, 5.74) is 0. The van der Waals surface area contributed by atoms with Gasteiger partial charge in [-0.3, -0.25) is 0 Å². The van der Waals surface area contributed by atoms with E-state index in [1.54, 1.807) is 0 Å². The Hall–Kier alpha value is -0.900. The third-order valence-corrected chi connectivity index (χ3v) is 7.98. The molecule has 0 aliphatic carbocycles. The Kier molecular flexibility index (Phi) is 9.66. The minimum atomic E-state index is -0.329. The average molecular weight is 389 g/mol. The Morgan fingerprint density at radius 3 is 1.73 bits per heavy atom. The number of hydrogen-bond donors (Lipinski definition) is 1. The molecular formula is C23H32OS2. The number of unbranched alkanes of at least 4 members (excludes halogenated alkanes) is 4. The van der Waals surface area contributed by atoms with Gasteiger partial charge in [-0.2, -0.15) is 0 Å². The lowest BCUT2D eigenvalue weighted by molar-refractivity contribution is 0.145. The first-order valence-corrected chi connectivity index (χ1v) is 11.5. The Morgan fingerprint density at radius 1 is 0.769 bits per heavy atom. The van der Waals surface area contributed by atoms with Crippen LogP contribution in [0.4, 0.5) is 0 Å². The average Bonchev–Trinajstić information content (AvgIpc) is 2.68. The van der Waals surface area contributed by atoms with E-state index in [0.29, 0.717) is 0 Å². The summed E-state index contributed by atoms with van der Waals surface area (Å²) >= 11 is 3.64. The highest BCUT2D eigenvalue weighted by Gasteiger charge is 2.38. The molecule has 0 aromatic heterocycles. The number of benzene rings is 2. The van der Waals surface area contributed by atoms with Crippen molar-refractivity contribution in [1.29, 1.82) is 0 Å². The van der Waals surface area contributed by atoms with Gasteiger partial charge in [0.25, 0.3) is 0 Å². The lowest BCUT2D eigenvalue weighted by Crippen LogP contribution is -2.35. The van der Waals surface area contributed by atoms with E-state index in [-0.39, 0.29) is 10.2 Å². The van der Waals surface area contributed by atoms with E-state index >= 15 is 0 Å². The first-order valence-electron chi connectivity index (χ1n) is 9.86. The molecule has 26 heavy (non-hydrogen) atoms. The smallest absolute Gasteiger partial charge is 0.0959 e. The zero-order chi connectivity index (χ0) is 18.7. The first kappa shape index (κ1) is 21.4. The highest BCUT2D eigenvalue weighted by Crippen LogP contribution is 2.51. The Morgan fingerprint density at radius 2 is 1.27 bits per heavy atom. The highest BCUT2D eigenvalue weighted by molar-refractivity contribution is 8.18. The van der Waals surface area contributed by atoms with Gasteiger partial charge in [0.15, 0.2) is 0 Å². The van der Waals surface area contributed by atoms with Crippen LogP contribution in [-0.2, 0) is 0 Å². The summed E-state index contributed by atoms with van der Waals surface area (Å²) in [6.07, 6.45) is 7.62. The zero-order valence-electron chi connectivity index (χ0n) is 16.1. The summed E-state index contributed by atoms with van der Waals surface area (Å²) in [5.74, 6) is 0. The van der Waals surface area contributed by atoms with Crippen LogP contribution in [-0.4, -0.2) is 15.3 Å². The lowest BCUT2D eigenvalue weighted by atomic mass is 10.0. The number of aliphatic hydroxyl groups excluding tert-OH is 1. The number of thioether (sulfide) groups is 2. The van der Waals surface area contributed by atoms with Crippen LogP contribution in [0, 0.1) is 0 Å². The second-order valence-corrected chi connectivity index (χ2v) is 9.78. The molecule has 2 rings (SSSR count). The molecule has 2 aromatic carbocycles. The molecule has 1 N–H and O–H groups in total. The third kappa shape index (κ3) is 6.68. The molecule has 0 heterocycles. The van der Waals surface area contributed by atoms with Crippen molar-refractivity contribution in [2.24, 2.45) is 0 Å². The van der Waals surface area contributed by atoms with Gasteiger partial charge in [0.1, 0.15) is 0 Å². The quantitative estimate of drug-likeness (QED) is 0.232. The van der Waals surface area contributed by atoms with Gasteiger partial charge < -0.3 is 5.11 Å². The van der Waals surface area contributed by atoms with Gasteiger partial charge in [0, 0.05) is 9.79 Å². The largest absolute Gasteiger partial charge is 0.391 e. The van der Waals surface area contributed by atoms with Crippen molar-refractivity contribution in [3.05, 3.63) is 60.7 Å². The maximum atomic E-state index is 11.2. The van der Waals surface area contributed by atoms with E-state index < -0.39 is 0 Å². The molecule has 0 radical (unpaired) electrons. The minimum Gasteiger partial charge on any atom is -0.391 e. The number of hydrogen-bond acceptors (Lipinski definition) is 3. The second kappa shape index (κ2) is 11.7. The Labute approximate surface area is 168 Å². The van der Waals surface area contributed by atoms with Crippen molar-refractivity contribution < 1.29 is 5.11 Å². The van der Waals surface area contributed by atoms with Crippen LogP contribution in [0.5, 0.6) is 0 Å². The predicted octanol–water partition coefficient (Wildman–Crippen LogP) is 7.40. The van der Waals surface area contributed by atoms with E-state index in [1.807, 2.05) is 35.7 Å². The van der Waals surface area contributed by atoms with Crippen LogP contribution in [0.2, 0.25) is 0 Å². The van der Waals surface area contributed by atoms with Crippen molar-refractivity contribution in [3.63, 3.8) is 0 Å². The Bertz CT molecular complexity index is 559. The molecule has 0 aliphatic heterocycles. The highest BCUT2D eigenvalue weighted by atomic mass is 32.2. The lowest BCUT2D eigenvalue weighted by Gasteiger charge is -2.36. The van der Waals surface area contributed by atoms with E-state index in [0.717, 1.165) is 19.3 Å². The summed E-state index contributed by atoms with van der Waals surface area (Å²) < 4.78 is -0.256. The van der Waals surface area contributed by atoms with Gasteiger partial charge in [-0.15, -0.1) is 23.5 Å². The van der Waals surface area contributed by atoms with Crippen molar-refractivity contribution in [1.82, 2.24) is 0 Å². The molecule has 2 aromatic rings. The monoisotopic (exact) mass is 388 g/mol. The predicted molar refractivity (Wildman–Crippen MR) is 117 cm³/mol. The number of rotatable bonds is 12. The molecular weight excluding hydrogens is 356 g/mol. The van der Waals surface area contributed by atoms with Crippen LogP contribution in [0.1, 0.15) is 58.8 Å². The molecule has 0 aliphatic rings. The molecule has 0 amide bonds. The molecule has 0 bridgehead atoms.